The third kappa shape index (κ3) is 7.36. The van der Waals surface area contributed by atoms with Crippen molar-refractivity contribution < 1.29 is 23.4 Å². The molecule has 0 radical (unpaired) electrons. The van der Waals surface area contributed by atoms with Crippen LogP contribution in [0.3, 0.4) is 0 Å². The molecule has 7 heteroatoms. The van der Waals surface area contributed by atoms with Gasteiger partial charge >= 0.3 is 0 Å². The van der Waals surface area contributed by atoms with E-state index in [1.54, 1.807) is 0 Å². The Kier molecular flexibility index (Phi) is 9.29. The van der Waals surface area contributed by atoms with Crippen molar-refractivity contribution in [1.82, 2.24) is 0 Å². The summed E-state index contributed by atoms with van der Waals surface area (Å²) in [6.45, 7) is 31.5. The Hall–Kier alpha value is 0.234. The van der Waals surface area contributed by atoms with E-state index in [1.807, 2.05) is 13.8 Å². The molecule has 0 aromatic carbocycles. The number of hydrogen-bond acceptors (Lipinski definition) is 5. The molecule has 0 bridgehead atoms. The number of aliphatic hydroxyl groups excluding tert-OH is 1. The maximum absolute atomic E-state index is 10.1. The second kappa shape index (κ2) is 9.84. The van der Waals surface area contributed by atoms with Gasteiger partial charge in [0.2, 0.25) is 0 Å². The predicted molar refractivity (Wildman–Crippen MR) is 134 cm³/mol. The van der Waals surface area contributed by atoms with Crippen LogP contribution in [0.15, 0.2) is 0 Å². The number of ether oxygens (including phenoxy) is 2. The molecule has 0 unspecified atom stereocenters. The lowest BCUT2D eigenvalue weighted by Crippen LogP contribution is -2.55. The van der Waals surface area contributed by atoms with Crippen LogP contribution in [0.25, 0.3) is 0 Å². The molecule has 0 aromatic rings. The fourth-order valence-electron chi connectivity index (χ4n) is 3.47. The van der Waals surface area contributed by atoms with E-state index >= 15 is 0 Å². The molecule has 186 valence electrons. The molecule has 1 saturated heterocycles. The summed E-state index contributed by atoms with van der Waals surface area (Å²) < 4.78 is 26.2. The molecule has 0 saturated carbocycles. The van der Waals surface area contributed by atoms with Gasteiger partial charge in [0.05, 0.1) is 18.8 Å². The van der Waals surface area contributed by atoms with Gasteiger partial charge in [0.1, 0.15) is 6.10 Å². The first-order valence-electron chi connectivity index (χ1n) is 11.9. The van der Waals surface area contributed by atoms with E-state index < -0.39 is 22.4 Å². The molecule has 1 heterocycles. The van der Waals surface area contributed by atoms with Crippen LogP contribution in [0.4, 0.5) is 0 Å². The van der Waals surface area contributed by atoms with Crippen molar-refractivity contribution in [2.45, 2.75) is 130 Å². The monoisotopic (exact) mass is 476 g/mol. The highest BCUT2D eigenvalue weighted by molar-refractivity contribution is 6.74. The Morgan fingerprint density at radius 3 is 1.74 bits per heavy atom. The summed E-state index contributed by atoms with van der Waals surface area (Å²) in [5.41, 5.74) is 0. The van der Waals surface area contributed by atoms with Crippen LogP contribution in [-0.2, 0) is 18.3 Å². The fraction of sp³-hybridized carbons (Fsp3) is 1.00. The Bertz CT molecular complexity index is 577. The minimum atomic E-state index is -2.07. The number of hydrogen-bond donors (Lipinski definition) is 1. The largest absolute Gasteiger partial charge is 0.413 e. The van der Waals surface area contributed by atoms with Gasteiger partial charge < -0.3 is 23.4 Å². The van der Waals surface area contributed by atoms with Crippen molar-refractivity contribution in [3.8, 4) is 0 Å². The lowest BCUT2D eigenvalue weighted by molar-refractivity contribution is -0.157. The van der Waals surface area contributed by atoms with E-state index in [-0.39, 0.29) is 46.8 Å². The molecule has 0 aromatic heterocycles. The molecule has 0 aliphatic carbocycles. The Balaban J connectivity index is 3.34. The summed E-state index contributed by atoms with van der Waals surface area (Å²) in [5.74, 6) is -0.560. The molecule has 1 rings (SSSR count). The zero-order valence-electron chi connectivity index (χ0n) is 22.9. The molecule has 0 spiro atoms. The average molecular weight is 477 g/mol. The fourth-order valence-corrected chi connectivity index (χ4v) is 6.35. The van der Waals surface area contributed by atoms with Gasteiger partial charge in [-0.2, -0.15) is 0 Å². The third-order valence-corrected chi connectivity index (χ3v) is 16.7. The van der Waals surface area contributed by atoms with Crippen LogP contribution < -0.4 is 0 Å². The summed E-state index contributed by atoms with van der Waals surface area (Å²) in [6.07, 6.45) is -0.435. The lowest BCUT2D eigenvalue weighted by atomic mass is 9.87. The highest BCUT2D eigenvalue weighted by Crippen LogP contribution is 2.43. The van der Waals surface area contributed by atoms with Crippen LogP contribution >= 0.6 is 0 Å². The third-order valence-electron chi connectivity index (χ3n) is 7.76. The lowest BCUT2D eigenvalue weighted by Gasteiger charge is -2.47. The summed E-state index contributed by atoms with van der Waals surface area (Å²) >= 11 is 0. The first-order valence-corrected chi connectivity index (χ1v) is 17.7. The summed E-state index contributed by atoms with van der Waals surface area (Å²) in [5, 5.41) is 10.3. The standard InChI is InChI=1S/C24H52O5Si2/c1-17(15-25)20(28-30(11,12)22(3,4)5)18(2)21(19-16-26-24(9,10)27-19)29-31(13,14)23(6,7)8/h17-21,25H,15-16H2,1-14H3/t17-,18-,19+,20-,21-/m0/s1. The Morgan fingerprint density at radius 2 is 1.39 bits per heavy atom. The van der Waals surface area contributed by atoms with Crippen LogP contribution in [-0.4, -0.2) is 59.1 Å². The Morgan fingerprint density at radius 1 is 0.935 bits per heavy atom. The topological polar surface area (TPSA) is 57.2 Å². The van der Waals surface area contributed by atoms with Gasteiger partial charge in [-0.05, 0) is 50.1 Å². The van der Waals surface area contributed by atoms with E-state index in [1.165, 1.54) is 0 Å². The highest BCUT2D eigenvalue weighted by atomic mass is 28.4. The van der Waals surface area contributed by atoms with Crippen molar-refractivity contribution in [3.63, 3.8) is 0 Å². The molecule has 1 fully saturated rings. The predicted octanol–water partition coefficient (Wildman–Crippen LogP) is 6.18. The van der Waals surface area contributed by atoms with Gasteiger partial charge in [-0.1, -0.05) is 55.4 Å². The van der Waals surface area contributed by atoms with Crippen molar-refractivity contribution in [2.24, 2.45) is 11.8 Å². The van der Waals surface area contributed by atoms with Crippen LogP contribution in [0.1, 0.15) is 69.2 Å². The molecular formula is C24H52O5Si2. The van der Waals surface area contributed by atoms with Crippen molar-refractivity contribution in [2.75, 3.05) is 13.2 Å². The normalized spacial score (nSPS) is 24.7. The quantitative estimate of drug-likeness (QED) is 0.402. The maximum atomic E-state index is 10.1. The van der Waals surface area contributed by atoms with Gasteiger partial charge in [0.25, 0.3) is 0 Å². The molecular weight excluding hydrogens is 424 g/mol. The SMILES string of the molecule is C[C@@H]([C@@H](O[Si](C)(C)C(C)(C)C)[C@@H](C)CO)[C@H](O[Si](C)(C)C(C)(C)C)[C@H]1COC(C)(C)O1. The molecule has 1 aliphatic rings. The highest BCUT2D eigenvalue weighted by Gasteiger charge is 2.49. The molecule has 31 heavy (non-hydrogen) atoms. The minimum absolute atomic E-state index is 0.00460. The van der Waals surface area contributed by atoms with Gasteiger partial charge in [0, 0.05) is 18.4 Å². The first-order chi connectivity index (χ1) is 13.7. The minimum Gasteiger partial charge on any atom is -0.413 e. The van der Waals surface area contributed by atoms with E-state index in [9.17, 15) is 5.11 Å². The number of rotatable bonds is 9. The molecule has 5 nitrogen and oxygen atoms in total. The van der Waals surface area contributed by atoms with E-state index in [4.69, 9.17) is 18.3 Å². The molecule has 5 atom stereocenters. The van der Waals surface area contributed by atoms with Gasteiger partial charge in [-0.15, -0.1) is 0 Å². The molecule has 1 aliphatic heterocycles. The van der Waals surface area contributed by atoms with Gasteiger partial charge in [-0.25, -0.2) is 0 Å². The second-order valence-electron chi connectivity index (χ2n) is 13.1. The summed E-state index contributed by atoms with van der Waals surface area (Å²) in [7, 11) is -4.12. The van der Waals surface area contributed by atoms with Crippen molar-refractivity contribution in [1.29, 1.82) is 0 Å². The van der Waals surface area contributed by atoms with E-state index in [0.29, 0.717) is 6.61 Å². The van der Waals surface area contributed by atoms with Crippen LogP contribution in [0.5, 0.6) is 0 Å². The zero-order valence-corrected chi connectivity index (χ0v) is 24.9. The van der Waals surface area contributed by atoms with E-state index in [0.717, 1.165) is 0 Å². The number of aliphatic hydroxyl groups is 1. The van der Waals surface area contributed by atoms with Crippen LogP contribution in [0.2, 0.25) is 36.3 Å². The van der Waals surface area contributed by atoms with Crippen molar-refractivity contribution in [3.05, 3.63) is 0 Å². The second-order valence-corrected chi connectivity index (χ2v) is 22.6. The van der Waals surface area contributed by atoms with Crippen molar-refractivity contribution >= 4 is 16.6 Å². The smallest absolute Gasteiger partial charge is 0.192 e. The molecule has 1 N–H and O–H groups in total. The zero-order chi connectivity index (χ0) is 24.6. The average Bonchev–Trinajstić information content (AvgIpc) is 2.94. The first kappa shape index (κ1) is 29.3. The summed E-state index contributed by atoms with van der Waals surface area (Å²) in [6, 6.07) is 0. The van der Waals surface area contributed by atoms with Crippen LogP contribution in [0, 0.1) is 11.8 Å². The molecule has 0 amide bonds. The van der Waals surface area contributed by atoms with Gasteiger partial charge in [-0.3, -0.25) is 0 Å². The van der Waals surface area contributed by atoms with Gasteiger partial charge in [0.15, 0.2) is 22.4 Å². The maximum Gasteiger partial charge on any atom is 0.192 e. The Labute approximate surface area is 194 Å². The van der Waals surface area contributed by atoms with E-state index in [2.05, 4.69) is 81.6 Å². The summed E-state index contributed by atoms with van der Waals surface area (Å²) in [4.78, 5) is 0.